The van der Waals surface area contributed by atoms with Crippen LogP contribution in [-0.4, -0.2) is 69.0 Å². The smallest absolute Gasteiger partial charge is 0.194 e. The molecule has 8 nitrogen and oxygen atoms in total. The zero-order valence-electron chi connectivity index (χ0n) is 17.9. The summed E-state index contributed by atoms with van der Waals surface area (Å²) < 4.78 is 2.04. The van der Waals surface area contributed by atoms with Crippen LogP contribution in [0.15, 0.2) is 29.5 Å². The maximum Gasteiger partial charge on any atom is 0.194 e. The van der Waals surface area contributed by atoms with Gasteiger partial charge in [0.1, 0.15) is 0 Å². The summed E-state index contributed by atoms with van der Waals surface area (Å²) in [7, 11) is 2.18. The number of rotatable bonds is 5. The Kier molecular flexibility index (Phi) is 5.66. The van der Waals surface area contributed by atoms with Crippen molar-refractivity contribution >= 4 is 5.96 Å². The first-order chi connectivity index (χ1) is 14.8. The van der Waals surface area contributed by atoms with E-state index in [1.54, 1.807) is 0 Å². The Morgan fingerprint density at radius 2 is 2.13 bits per heavy atom. The number of pyridine rings is 1. The molecule has 1 unspecified atom stereocenters. The molecule has 0 spiro atoms. The molecule has 4 heterocycles. The molecule has 0 radical (unpaired) electrons. The van der Waals surface area contributed by atoms with Crippen LogP contribution < -0.4 is 5.32 Å². The van der Waals surface area contributed by atoms with Crippen LogP contribution in [0.5, 0.6) is 0 Å². The van der Waals surface area contributed by atoms with Gasteiger partial charge in [-0.15, -0.1) is 5.10 Å². The van der Waals surface area contributed by atoms with Gasteiger partial charge in [-0.2, -0.15) is 0 Å². The highest BCUT2D eigenvalue weighted by molar-refractivity contribution is 5.81. The van der Waals surface area contributed by atoms with Crippen LogP contribution in [-0.2, 0) is 19.5 Å². The number of aromatic nitrogens is 4. The summed E-state index contributed by atoms with van der Waals surface area (Å²) >= 11 is 0. The summed E-state index contributed by atoms with van der Waals surface area (Å²) in [5, 5.41) is 12.3. The van der Waals surface area contributed by atoms with E-state index in [4.69, 9.17) is 0 Å². The van der Waals surface area contributed by atoms with Crippen molar-refractivity contribution < 1.29 is 0 Å². The average molecular weight is 409 g/mol. The second-order valence-electron chi connectivity index (χ2n) is 8.87. The lowest BCUT2D eigenvalue weighted by molar-refractivity contribution is 0.206. The minimum Gasteiger partial charge on any atom is -0.354 e. The van der Waals surface area contributed by atoms with Gasteiger partial charge in [0.05, 0.1) is 24.0 Å². The van der Waals surface area contributed by atoms with Crippen LogP contribution in [0.25, 0.3) is 0 Å². The maximum absolute atomic E-state index is 4.68. The molecule has 2 aromatic heterocycles. The third-order valence-electron chi connectivity index (χ3n) is 6.71. The first-order valence-corrected chi connectivity index (χ1v) is 11.3. The lowest BCUT2D eigenvalue weighted by Gasteiger charge is -2.33. The zero-order chi connectivity index (χ0) is 20.3. The van der Waals surface area contributed by atoms with Crippen LogP contribution >= 0.6 is 0 Å². The third kappa shape index (κ3) is 4.19. The van der Waals surface area contributed by atoms with Gasteiger partial charge in [-0.1, -0.05) is 11.3 Å². The highest BCUT2D eigenvalue weighted by Gasteiger charge is 2.26. The standard InChI is InChI=1S/C22H32N8/c1-28(20-6-2-4-18-5-3-9-23-21(18)20)15-19-16-30(27-26-19)14-17-7-12-29(13-8-17)22-24-10-11-25-22/h3,5,9,16-17,20H,2,4,6-8,10-15H2,1H3,(H,24,25). The molecule has 0 aromatic carbocycles. The van der Waals surface area contributed by atoms with E-state index in [2.05, 4.69) is 60.8 Å². The number of aliphatic imine (C=N–C) groups is 1. The number of guanidine groups is 1. The second-order valence-corrected chi connectivity index (χ2v) is 8.87. The van der Waals surface area contributed by atoms with Crippen molar-refractivity contribution in [1.82, 2.24) is 35.1 Å². The second kappa shape index (κ2) is 8.71. The van der Waals surface area contributed by atoms with Crippen molar-refractivity contribution in [2.75, 3.05) is 33.2 Å². The van der Waals surface area contributed by atoms with E-state index >= 15 is 0 Å². The molecule has 1 saturated heterocycles. The molecule has 0 saturated carbocycles. The zero-order valence-corrected chi connectivity index (χ0v) is 17.9. The monoisotopic (exact) mass is 408 g/mol. The molecule has 1 N–H and O–H groups in total. The number of nitrogens with one attached hydrogen (secondary N) is 1. The molecule has 1 aliphatic carbocycles. The third-order valence-corrected chi connectivity index (χ3v) is 6.71. The summed E-state index contributed by atoms with van der Waals surface area (Å²) in [5.74, 6) is 1.75. The Hall–Kier alpha value is -2.48. The van der Waals surface area contributed by atoms with Crippen LogP contribution in [0.2, 0.25) is 0 Å². The van der Waals surface area contributed by atoms with Crippen molar-refractivity contribution in [3.05, 3.63) is 41.5 Å². The Labute approximate surface area is 178 Å². The van der Waals surface area contributed by atoms with Gasteiger partial charge in [0.2, 0.25) is 0 Å². The van der Waals surface area contributed by atoms with E-state index in [9.17, 15) is 0 Å². The van der Waals surface area contributed by atoms with Crippen molar-refractivity contribution in [2.24, 2.45) is 10.9 Å². The van der Waals surface area contributed by atoms with Gasteiger partial charge < -0.3 is 10.2 Å². The predicted molar refractivity (Wildman–Crippen MR) is 116 cm³/mol. The van der Waals surface area contributed by atoms with Crippen molar-refractivity contribution in [3.63, 3.8) is 0 Å². The van der Waals surface area contributed by atoms with Crippen molar-refractivity contribution in [1.29, 1.82) is 0 Å². The molecule has 0 amide bonds. The maximum atomic E-state index is 4.68. The van der Waals surface area contributed by atoms with Crippen molar-refractivity contribution in [3.8, 4) is 0 Å². The topological polar surface area (TPSA) is 74.5 Å². The van der Waals surface area contributed by atoms with Gasteiger partial charge in [-0.25, -0.2) is 0 Å². The number of hydrogen-bond acceptors (Lipinski definition) is 7. The van der Waals surface area contributed by atoms with E-state index < -0.39 is 0 Å². The highest BCUT2D eigenvalue weighted by atomic mass is 15.4. The number of aryl methyl sites for hydroxylation is 1. The fourth-order valence-corrected chi connectivity index (χ4v) is 5.07. The fraction of sp³-hybridized carbons (Fsp3) is 0.636. The minimum atomic E-state index is 0.372. The van der Waals surface area contributed by atoms with Gasteiger partial charge in [-0.05, 0) is 56.7 Å². The van der Waals surface area contributed by atoms with Gasteiger partial charge in [0.15, 0.2) is 5.96 Å². The quantitative estimate of drug-likeness (QED) is 0.814. The van der Waals surface area contributed by atoms with Gasteiger partial charge >= 0.3 is 0 Å². The van der Waals surface area contributed by atoms with Crippen molar-refractivity contribution in [2.45, 2.75) is 51.2 Å². The summed E-state index contributed by atoms with van der Waals surface area (Å²) in [6.45, 7) is 5.81. The molecule has 0 bridgehead atoms. The molecule has 30 heavy (non-hydrogen) atoms. The molecule has 2 aliphatic heterocycles. The molecule has 1 fully saturated rings. The molecule has 1 atom stereocenters. The van der Waals surface area contributed by atoms with Crippen LogP contribution in [0.1, 0.15) is 48.7 Å². The fourth-order valence-electron chi connectivity index (χ4n) is 5.07. The van der Waals surface area contributed by atoms with E-state index in [-0.39, 0.29) is 0 Å². The average Bonchev–Trinajstić information content (AvgIpc) is 3.46. The van der Waals surface area contributed by atoms with Crippen LogP contribution in [0.4, 0.5) is 0 Å². The number of nitrogens with zero attached hydrogens (tertiary/aromatic N) is 7. The lowest BCUT2D eigenvalue weighted by atomic mass is 9.91. The number of piperidine rings is 1. The van der Waals surface area contributed by atoms with Gasteiger partial charge in [-0.3, -0.25) is 19.6 Å². The Bertz CT molecular complexity index is 883. The first kappa shape index (κ1) is 19.5. The largest absolute Gasteiger partial charge is 0.354 e. The molecular formula is C22H32N8. The summed E-state index contributed by atoms with van der Waals surface area (Å²) in [6, 6.07) is 4.64. The number of hydrogen-bond donors (Lipinski definition) is 1. The number of fused-ring (bicyclic) bond motifs is 1. The molecule has 2 aromatic rings. The first-order valence-electron chi connectivity index (χ1n) is 11.3. The highest BCUT2D eigenvalue weighted by Crippen LogP contribution is 2.32. The Morgan fingerprint density at radius 1 is 1.23 bits per heavy atom. The van der Waals surface area contributed by atoms with Gasteiger partial charge in [0.25, 0.3) is 0 Å². The molecule has 5 rings (SSSR count). The minimum absolute atomic E-state index is 0.372. The molecular weight excluding hydrogens is 376 g/mol. The summed E-state index contributed by atoms with van der Waals surface area (Å²) in [6.07, 6.45) is 9.94. The Balaban J connectivity index is 1.15. The normalized spacial score (nSPS) is 22.1. The number of likely N-dealkylation sites (tertiary alicyclic amines) is 1. The van der Waals surface area contributed by atoms with Gasteiger partial charge in [0, 0.05) is 45.1 Å². The Morgan fingerprint density at radius 3 is 2.97 bits per heavy atom. The molecule has 3 aliphatic rings. The van der Waals surface area contributed by atoms with Crippen LogP contribution in [0, 0.1) is 5.92 Å². The lowest BCUT2D eigenvalue weighted by Crippen LogP contribution is -2.44. The summed E-state index contributed by atoms with van der Waals surface area (Å²) in [4.78, 5) is 14.0. The van der Waals surface area contributed by atoms with E-state index in [1.807, 2.05) is 10.9 Å². The van der Waals surface area contributed by atoms with E-state index in [1.165, 1.54) is 30.5 Å². The van der Waals surface area contributed by atoms with E-state index in [0.717, 1.165) is 63.8 Å². The van der Waals surface area contributed by atoms with E-state index in [0.29, 0.717) is 12.0 Å². The SMILES string of the molecule is CN(Cc1cn(CC2CCN(C3=NCCN3)CC2)nn1)C1CCCc2cccnc21. The molecule has 8 heteroatoms. The predicted octanol–water partition coefficient (Wildman–Crippen LogP) is 1.85. The van der Waals surface area contributed by atoms with Crippen LogP contribution in [0.3, 0.4) is 0 Å². The summed E-state index contributed by atoms with van der Waals surface area (Å²) in [5.41, 5.74) is 3.68. The molecule has 160 valence electrons.